The molecule has 0 fully saturated rings. The van der Waals surface area contributed by atoms with E-state index in [9.17, 15) is 18.9 Å². The number of hydrogen-bond donors (Lipinski definition) is 0. The molecule has 0 unspecified atom stereocenters. The van der Waals surface area contributed by atoms with Gasteiger partial charge in [-0.05, 0) is 30.0 Å². The van der Waals surface area contributed by atoms with Gasteiger partial charge in [-0.3, -0.25) is 9.47 Å². The molecule has 2 aliphatic rings. The van der Waals surface area contributed by atoms with E-state index in [0.717, 1.165) is 24.4 Å². The minimum Gasteiger partial charge on any atom is -0.440 e. The van der Waals surface area contributed by atoms with Crippen molar-refractivity contribution in [2.45, 2.75) is 32.0 Å². The van der Waals surface area contributed by atoms with E-state index in [1.807, 2.05) is 6.92 Å². The number of ether oxygens (including phenoxy) is 1. The van der Waals surface area contributed by atoms with Crippen LogP contribution in [-0.2, 0) is 19.5 Å². The van der Waals surface area contributed by atoms with Crippen LogP contribution in [-0.4, -0.2) is 43.0 Å². The molecule has 0 saturated carbocycles. The Morgan fingerprint density at radius 2 is 2.13 bits per heavy atom. The van der Waals surface area contributed by atoms with Gasteiger partial charge in [0.1, 0.15) is 17.6 Å². The molecule has 0 amide bonds. The first-order chi connectivity index (χ1) is 14.3. The second kappa shape index (κ2) is 6.59. The van der Waals surface area contributed by atoms with Gasteiger partial charge in [0.05, 0.1) is 18.8 Å². The summed E-state index contributed by atoms with van der Waals surface area (Å²) >= 11 is 0. The van der Waals surface area contributed by atoms with Crippen LogP contribution in [0.2, 0.25) is 0 Å². The lowest BCUT2D eigenvalue weighted by molar-refractivity contribution is -0.389. The Morgan fingerprint density at radius 3 is 2.87 bits per heavy atom. The van der Waals surface area contributed by atoms with Crippen LogP contribution < -0.4 is 4.74 Å². The second-order valence-corrected chi connectivity index (χ2v) is 7.80. The smallest absolute Gasteiger partial charge is 0.415 e. The fourth-order valence-corrected chi connectivity index (χ4v) is 3.97. The van der Waals surface area contributed by atoms with Crippen molar-refractivity contribution in [2.24, 2.45) is 0 Å². The molecule has 3 aromatic rings. The number of oxazole rings is 1. The van der Waals surface area contributed by atoms with Gasteiger partial charge in [-0.15, -0.1) is 0 Å². The Kier molecular flexibility index (Phi) is 4.10. The first-order valence-electron chi connectivity index (χ1n) is 9.37. The van der Waals surface area contributed by atoms with Gasteiger partial charge in [-0.2, -0.15) is 0 Å². The molecule has 2 aliphatic heterocycles. The number of nitrogens with zero attached hydrogens (tertiary/aromatic N) is 5. The summed E-state index contributed by atoms with van der Waals surface area (Å²) < 4.78 is 40.1. The van der Waals surface area contributed by atoms with Crippen molar-refractivity contribution in [3.05, 3.63) is 57.6 Å². The third-order valence-electron chi connectivity index (χ3n) is 5.29. The summed E-state index contributed by atoms with van der Waals surface area (Å²) in [5.41, 5.74) is 0.595. The van der Waals surface area contributed by atoms with Crippen molar-refractivity contribution < 1.29 is 22.9 Å². The minimum atomic E-state index is -0.950. The fourth-order valence-electron chi connectivity index (χ4n) is 3.97. The standard InChI is InChI=1S/C19H17F2N5O4/c1-19(10-25-8-16(26(27)28)23-18(25)30-19)9-24-5-4-14-15(7-24)29-17(22-14)11-2-3-12(20)13(21)6-11/h2-3,6,8H,4-5,7,9-10H2,1H3/t19-/m0/s1. The van der Waals surface area contributed by atoms with Gasteiger partial charge in [0, 0.05) is 30.1 Å². The summed E-state index contributed by atoms with van der Waals surface area (Å²) in [6, 6.07) is 3.79. The number of rotatable bonds is 4. The van der Waals surface area contributed by atoms with E-state index in [1.54, 1.807) is 4.57 Å². The van der Waals surface area contributed by atoms with Crippen LogP contribution in [0.3, 0.4) is 0 Å². The summed E-state index contributed by atoms with van der Waals surface area (Å²) in [6.07, 6.45) is 2.02. The predicted molar refractivity (Wildman–Crippen MR) is 98.8 cm³/mol. The monoisotopic (exact) mass is 417 g/mol. The maximum atomic E-state index is 13.5. The van der Waals surface area contributed by atoms with Crippen LogP contribution >= 0.6 is 0 Å². The highest BCUT2D eigenvalue weighted by molar-refractivity contribution is 5.54. The first kappa shape index (κ1) is 18.7. The maximum absolute atomic E-state index is 13.5. The molecule has 0 saturated heterocycles. The van der Waals surface area contributed by atoms with E-state index in [1.165, 1.54) is 12.3 Å². The molecular weight excluding hydrogens is 400 g/mol. The highest BCUT2D eigenvalue weighted by Crippen LogP contribution is 2.33. The van der Waals surface area contributed by atoms with E-state index in [-0.39, 0.29) is 17.7 Å². The minimum absolute atomic E-state index is 0.235. The Hall–Kier alpha value is -3.34. The van der Waals surface area contributed by atoms with Gasteiger partial charge in [-0.1, -0.05) is 0 Å². The van der Waals surface area contributed by atoms with E-state index < -0.39 is 22.2 Å². The Bertz CT molecular complexity index is 1130. The van der Waals surface area contributed by atoms with Crippen LogP contribution in [0, 0.1) is 21.7 Å². The molecule has 0 spiro atoms. The van der Waals surface area contributed by atoms with Gasteiger partial charge < -0.3 is 19.3 Å². The van der Waals surface area contributed by atoms with Crippen molar-refractivity contribution in [3.63, 3.8) is 0 Å². The lowest BCUT2D eigenvalue weighted by atomic mass is 10.0. The highest BCUT2D eigenvalue weighted by atomic mass is 19.2. The highest BCUT2D eigenvalue weighted by Gasteiger charge is 2.42. The Labute approximate surface area is 169 Å². The third-order valence-corrected chi connectivity index (χ3v) is 5.29. The van der Waals surface area contributed by atoms with Crippen molar-refractivity contribution in [1.29, 1.82) is 0 Å². The zero-order valence-corrected chi connectivity index (χ0v) is 16.0. The summed E-state index contributed by atoms with van der Waals surface area (Å²) in [6.45, 7) is 4.15. The van der Waals surface area contributed by atoms with E-state index in [2.05, 4.69) is 14.9 Å². The number of imidazole rings is 1. The predicted octanol–water partition coefficient (Wildman–Crippen LogP) is 2.93. The molecule has 30 heavy (non-hydrogen) atoms. The summed E-state index contributed by atoms with van der Waals surface area (Å²) in [5, 5.41) is 10.9. The zero-order chi connectivity index (χ0) is 21.0. The largest absolute Gasteiger partial charge is 0.440 e. The van der Waals surface area contributed by atoms with Crippen molar-refractivity contribution in [1.82, 2.24) is 19.4 Å². The molecule has 0 radical (unpaired) electrons. The quantitative estimate of drug-likeness (QED) is 0.475. The molecule has 1 atom stereocenters. The SMILES string of the molecule is C[C@]1(CN2CCc3nc(-c4ccc(F)c(F)c4)oc3C2)Cn2cc([N+](=O)[O-])nc2O1. The third kappa shape index (κ3) is 3.20. The molecule has 9 nitrogen and oxygen atoms in total. The van der Waals surface area contributed by atoms with Crippen molar-refractivity contribution in [3.8, 4) is 17.5 Å². The maximum Gasteiger partial charge on any atom is 0.415 e. The van der Waals surface area contributed by atoms with E-state index >= 15 is 0 Å². The van der Waals surface area contributed by atoms with Crippen LogP contribution in [0.15, 0.2) is 28.8 Å². The van der Waals surface area contributed by atoms with Gasteiger partial charge in [-0.25, -0.2) is 13.8 Å². The number of nitro groups is 1. The number of aromatic nitrogens is 3. The van der Waals surface area contributed by atoms with E-state index in [4.69, 9.17) is 9.15 Å². The topological polar surface area (TPSA) is 99.5 Å². The molecular formula is C19H17F2N5O4. The summed E-state index contributed by atoms with van der Waals surface area (Å²) in [4.78, 5) is 20.8. The van der Waals surface area contributed by atoms with Gasteiger partial charge in [0.2, 0.25) is 5.89 Å². The average molecular weight is 417 g/mol. The van der Waals surface area contributed by atoms with Crippen molar-refractivity contribution in [2.75, 3.05) is 13.1 Å². The van der Waals surface area contributed by atoms with Crippen LogP contribution in [0.5, 0.6) is 6.01 Å². The molecule has 156 valence electrons. The number of fused-ring (bicyclic) bond motifs is 2. The molecule has 5 rings (SSSR count). The second-order valence-electron chi connectivity index (χ2n) is 7.80. The van der Waals surface area contributed by atoms with Crippen LogP contribution in [0.25, 0.3) is 11.5 Å². The first-order valence-corrected chi connectivity index (χ1v) is 9.37. The number of halogens is 2. The summed E-state index contributed by atoms with van der Waals surface area (Å²) in [7, 11) is 0. The summed E-state index contributed by atoms with van der Waals surface area (Å²) in [5.74, 6) is -1.17. The van der Waals surface area contributed by atoms with Gasteiger partial charge in [0.15, 0.2) is 11.6 Å². The number of hydrogen-bond acceptors (Lipinski definition) is 7. The molecule has 0 N–H and O–H groups in total. The fraction of sp³-hybridized carbons (Fsp3) is 0.368. The molecule has 0 bridgehead atoms. The van der Waals surface area contributed by atoms with Crippen LogP contribution in [0.1, 0.15) is 18.4 Å². The Morgan fingerprint density at radius 1 is 1.30 bits per heavy atom. The number of benzene rings is 1. The average Bonchev–Trinajstić information content (AvgIpc) is 3.34. The lowest BCUT2D eigenvalue weighted by Gasteiger charge is -2.32. The van der Waals surface area contributed by atoms with Crippen LogP contribution in [0.4, 0.5) is 14.6 Å². The van der Waals surface area contributed by atoms with Gasteiger partial charge >= 0.3 is 11.8 Å². The van der Waals surface area contributed by atoms with Crippen molar-refractivity contribution >= 4 is 5.82 Å². The van der Waals surface area contributed by atoms with E-state index in [0.29, 0.717) is 37.4 Å². The lowest BCUT2D eigenvalue weighted by Crippen LogP contribution is -2.46. The molecule has 11 heteroatoms. The molecule has 4 heterocycles. The zero-order valence-electron chi connectivity index (χ0n) is 16.0. The normalized spacial score (nSPS) is 20.6. The molecule has 1 aromatic carbocycles. The van der Waals surface area contributed by atoms with Gasteiger partial charge in [0.25, 0.3) is 0 Å². The Balaban J connectivity index is 1.29. The molecule has 0 aliphatic carbocycles. The molecule has 2 aromatic heterocycles.